The Morgan fingerprint density at radius 2 is 2.00 bits per heavy atom. The molecular weight excluding hydrogens is 256 g/mol. The number of nitrogens with one attached hydrogen (secondary N) is 2. The van der Waals surface area contributed by atoms with Gasteiger partial charge in [-0.3, -0.25) is 9.59 Å². The highest BCUT2D eigenvalue weighted by Gasteiger charge is 2.14. The summed E-state index contributed by atoms with van der Waals surface area (Å²) in [5.41, 5.74) is 1.04. The molecule has 5 heteroatoms. The van der Waals surface area contributed by atoms with E-state index in [0.717, 1.165) is 0 Å². The summed E-state index contributed by atoms with van der Waals surface area (Å²) in [4.78, 5) is 23.1. The molecule has 0 spiro atoms. The summed E-state index contributed by atoms with van der Waals surface area (Å²) < 4.78 is 0. The summed E-state index contributed by atoms with van der Waals surface area (Å²) in [5.74, 6) is -0.0503. The third-order valence-electron chi connectivity index (χ3n) is 2.76. The molecule has 1 unspecified atom stereocenters. The Hall–Kier alpha value is -1.88. The van der Waals surface area contributed by atoms with Crippen LogP contribution in [0, 0.1) is 5.92 Å². The lowest BCUT2D eigenvalue weighted by molar-refractivity contribution is -0.114. The molecule has 0 aliphatic rings. The van der Waals surface area contributed by atoms with Crippen molar-refractivity contribution in [3.05, 3.63) is 29.8 Å². The Bertz CT molecular complexity index is 472. The van der Waals surface area contributed by atoms with Crippen LogP contribution in [0.25, 0.3) is 0 Å². The predicted octanol–water partition coefficient (Wildman–Crippen LogP) is 1.78. The molecule has 0 saturated heterocycles. The molecule has 0 aliphatic heterocycles. The van der Waals surface area contributed by atoms with Gasteiger partial charge in [0.05, 0.1) is 12.6 Å². The number of benzene rings is 1. The van der Waals surface area contributed by atoms with Crippen molar-refractivity contribution in [2.75, 3.05) is 11.9 Å². The number of aliphatic hydroxyl groups is 1. The fourth-order valence-corrected chi connectivity index (χ4v) is 1.96. The lowest BCUT2D eigenvalue weighted by atomic mass is 10.0. The summed E-state index contributed by atoms with van der Waals surface area (Å²) in [7, 11) is 0. The van der Waals surface area contributed by atoms with Gasteiger partial charge < -0.3 is 15.7 Å². The molecule has 2 amide bonds. The summed E-state index contributed by atoms with van der Waals surface area (Å²) in [6.45, 7) is 5.39. The first-order valence-electron chi connectivity index (χ1n) is 6.71. The van der Waals surface area contributed by atoms with Gasteiger partial charge >= 0.3 is 0 Å². The minimum absolute atomic E-state index is 0.0880. The third-order valence-corrected chi connectivity index (χ3v) is 2.76. The Morgan fingerprint density at radius 1 is 1.30 bits per heavy atom. The molecule has 1 aromatic rings. The summed E-state index contributed by atoms with van der Waals surface area (Å²) in [5, 5.41) is 14.7. The number of carbonyl (C=O) groups is 2. The van der Waals surface area contributed by atoms with E-state index in [0.29, 0.717) is 23.6 Å². The molecule has 110 valence electrons. The molecular formula is C15H22N2O3. The summed E-state index contributed by atoms with van der Waals surface area (Å²) in [6, 6.07) is 6.45. The second kappa shape index (κ2) is 7.65. The number of hydrogen-bond acceptors (Lipinski definition) is 3. The average Bonchev–Trinajstić information content (AvgIpc) is 2.36. The van der Waals surface area contributed by atoms with E-state index < -0.39 is 0 Å². The molecule has 0 saturated carbocycles. The van der Waals surface area contributed by atoms with Crippen LogP contribution in [0.3, 0.4) is 0 Å². The largest absolute Gasteiger partial charge is 0.394 e. The van der Waals surface area contributed by atoms with Crippen molar-refractivity contribution in [1.29, 1.82) is 0 Å². The van der Waals surface area contributed by atoms with Gasteiger partial charge in [0, 0.05) is 18.2 Å². The van der Waals surface area contributed by atoms with Crippen LogP contribution in [0.5, 0.6) is 0 Å². The summed E-state index contributed by atoms with van der Waals surface area (Å²) in [6.07, 6.45) is 0.716. The van der Waals surface area contributed by atoms with E-state index in [4.69, 9.17) is 0 Å². The highest BCUT2D eigenvalue weighted by Crippen LogP contribution is 2.11. The predicted molar refractivity (Wildman–Crippen MR) is 78.5 cm³/mol. The van der Waals surface area contributed by atoms with Gasteiger partial charge in [0.2, 0.25) is 5.91 Å². The van der Waals surface area contributed by atoms with Crippen LogP contribution in [-0.2, 0) is 4.79 Å². The van der Waals surface area contributed by atoms with Crippen molar-refractivity contribution in [2.24, 2.45) is 5.92 Å². The minimum atomic E-state index is -0.257. The number of aliphatic hydroxyl groups excluding tert-OH is 1. The fourth-order valence-electron chi connectivity index (χ4n) is 1.96. The molecule has 0 fully saturated rings. The smallest absolute Gasteiger partial charge is 0.251 e. The SMILES string of the molecule is CC(=O)Nc1cccc(C(=O)NC(CO)CC(C)C)c1. The molecule has 0 bridgehead atoms. The third kappa shape index (κ3) is 5.40. The number of rotatable bonds is 6. The van der Waals surface area contributed by atoms with E-state index in [1.54, 1.807) is 24.3 Å². The van der Waals surface area contributed by atoms with Gasteiger partial charge in [-0.2, -0.15) is 0 Å². The Kier molecular flexibility index (Phi) is 6.18. The van der Waals surface area contributed by atoms with Gasteiger partial charge in [0.25, 0.3) is 5.91 Å². The van der Waals surface area contributed by atoms with Crippen LogP contribution < -0.4 is 10.6 Å². The van der Waals surface area contributed by atoms with E-state index in [1.807, 2.05) is 13.8 Å². The quantitative estimate of drug-likeness (QED) is 0.742. The van der Waals surface area contributed by atoms with Crippen LogP contribution in [0.2, 0.25) is 0 Å². The number of hydrogen-bond donors (Lipinski definition) is 3. The maximum atomic E-state index is 12.1. The lowest BCUT2D eigenvalue weighted by Crippen LogP contribution is -2.38. The van der Waals surface area contributed by atoms with E-state index in [2.05, 4.69) is 10.6 Å². The van der Waals surface area contributed by atoms with E-state index in [-0.39, 0.29) is 24.5 Å². The standard InChI is InChI=1S/C15H22N2O3/c1-10(2)7-14(9-18)17-15(20)12-5-4-6-13(8-12)16-11(3)19/h4-6,8,10,14,18H,7,9H2,1-3H3,(H,16,19)(H,17,20). The van der Waals surface area contributed by atoms with Gasteiger partial charge in [-0.1, -0.05) is 19.9 Å². The van der Waals surface area contributed by atoms with Crippen LogP contribution in [-0.4, -0.2) is 29.6 Å². The normalized spacial score (nSPS) is 12.1. The van der Waals surface area contributed by atoms with Crippen LogP contribution in [0.15, 0.2) is 24.3 Å². The Labute approximate surface area is 119 Å². The first kappa shape index (κ1) is 16.2. The number of anilines is 1. The van der Waals surface area contributed by atoms with Gasteiger partial charge in [-0.25, -0.2) is 0 Å². The van der Waals surface area contributed by atoms with Crippen LogP contribution in [0.1, 0.15) is 37.6 Å². The molecule has 1 atom stereocenters. The fraction of sp³-hybridized carbons (Fsp3) is 0.467. The van der Waals surface area contributed by atoms with E-state index >= 15 is 0 Å². The maximum Gasteiger partial charge on any atom is 0.251 e. The second-order valence-corrected chi connectivity index (χ2v) is 5.24. The lowest BCUT2D eigenvalue weighted by Gasteiger charge is -2.18. The Balaban J connectivity index is 2.73. The number of carbonyl (C=O) groups excluding carboxylic acids is 2. The van der Waals surface area contributed by atoms with E-state index in [1.165, 1.54) is 6.92 Å². The molecule has 0 radical (unpaired) electrons. The monoisotopic (exact) mass is 278 g/mol. The molecule has 0 aromatic heterocycles. The van der Waals surface area contributed by atoms with Crippen LogP contribution in [0.4, 0.5) is 5.69 Å². The minimum Gasteiger partial charge on any atom is -0.394 e. The topological polar surface area (TPSA) is 78.4 Å². The van der Waals surface area contributed by atoms with Gasteiger partial charge in [-0.15, -0.1) is 0 Å². The molecule has 20 heavy (non-hydrogen) atoms. The zero-order valence-corrected chi connectivity index (χ0v) is 12.1. The van der Waals surface area contributed by atoms with E-state index in [9.17, 15) is 14.7 Å². The van der Waals surface area contributed by atoms with Crippen molar-refractivity contribution < 1.29 is 14.7 Å². The molecule has 5 nitrogen and oxygen atoms in total. The molecule has 0 aliphatic carbocycles. The highest BCUT2D eigenvalue weighted by molar-refractivity contribution is 5.96. The van der Waals surface area contributed by atoms with Crippen molar-refractivity contribution in [2.45, 2.75) is 33.2 Å². The first-order valence-corrected chi connectivity index (χ1v) is 6.71. The van der Waals surface area contributed by atoms with Crippen molar-refractivity contribution in [1.82, 2.24) is 5.32 Å². The number of amides is 2. The van der Waals surface area contributed by atoms with Crippen molar-refractivity contribution in [3.8, 4) is 0 Å². The molecule has 3 N–H and O–H groups in total. The van der Waals surface area contributed by atoms with Gasteiger partial charge in [-0.05, 0) is 30.5 Å². The Morgan fingerprint density at radius 3 is 2.55 bits per heavy atom. The molecule has 1 aromatic carbocycles. The van der Waals surface area contributed by atoms with Crippen molar-refractivity contribution >= 4 is 17.5 Å². The first-order chi connectivity index (χ1) is 9.42. The highest BCUT2D eigenvalue weighted by atomic mass is 16.3. The van der Waals surface area contributed by atoms with Gasteiger partial charge in [0.15, 0.2) is 0 Å². The zero-order valence-electron chi connectivity index (χ0n) is 12.1. The second-order valence-electron chi connectivity index (χ2n) is 5.24. The average molecular weight is 278 g/mol. The molecule has 1 rings (SSSR count). The molecule has 0 heterocycles. The van der Waals surface area contributed by atoms with Crippen LogP contribution >= 0.6 is 0 Å². The van der Waals surface area contributed by atoms with Crippen molar-refractivity contribution in [3.63, 3.8) is 0 Å². The summed E-state index contributed by atoms with van der Waals surface area (Å²) >= 11 is 0. The maximum absolute atomic E-state index is 12.1. The van der Waals surface area contributed by atoms with Gasteiger partial charge in [0.1, 0.15) is 0 Å². The zero-order chi connectivity index (χ0) is 15.1.